The van der Waals surface area contributed by atoms with Gasteiger partial charge in [0.05, 0.1) is 11.0 Å². The van der Waals surface area contributed by atoms with E-state index >= 15 is 0 Å². The van der Waals surface area contributed by atoms with Gasteiger partial charge in [-0.1, -0.05) is 26.2 Å². The van der Waals surface area contributed by atoms with Crippen LogP contribution < -0.4 is 15.2 Å². The SMILES string of the molecule is CCCCCn1c(CCCCCN)nc2cc3c(cc21)OCCO3. The molecule has 0 spiro atoms. The molecule has 0 atom stereocenters. The average molecular weight is 331 g/mol. The Balaban J connectivity index is 1.87. The normalized spacial score (nSPS) is 13.6. The first-order chi connectivity index (χ1) is 11.8. The van der Waals surface area contributed by atoms with Crippen molar-refractivity contribution in [3.05, 3.63) is 18.0 Å². The van der Waals surface area contributed by atoms with Crippen molar-refractivity contribution in [2.24, 2.45) is 5.73 Å². The molecule has 0 aliphatic carbocycles. The van der Waals surface area contributed by atoms with E-state index in [9.17, 15) is 0 Å². The third-order valence-corrected chi connectivity index (χ3v) is 4.58. The van der Waals surface area contributed by atoms with Gasteiger partial charge in [0.2, 0.25) is 0 Å². The van der Waals surface area contributed by atoms with E-state index in [4.69, 9.17) is 20.2 Å². The molecule has 1 aliphatic heterocycles. The first-order valence-electron chi connectivity index (χ1n) is 9.32. The third-order valence-electron chi connectivity index (χ3n) is 4.58. The fourth-order valence-electron chi connectivity index (χ4n) is 3.28. The summed E-state index contributed by atoms with van der Waals surface area (Å²) in [6, 6.07) is 4.13. The largest absolute Gasteiger partial charge is 0.486 e. The van der Waals surface area contributed by atoms with Crippen molar-refractivity contribution in [3.8, 4) is 11.5 Å². The van der Waals surface area contributed by atoms with E-state index in [-0.39, 0.29) is 0 Å². The molecule has 0 radical (unpaired) electrons. The predicted octanol–water partition coefficient (Wildman–Crippen LogP) is 3.67. The van der Waals surface area contributed by atoms with Gasteiger partial charge in [-0.3, -0.25) is 0 Å². The highest BCUT2D eigenvalue weighted by atomic mass is 16.6. The number of rotatable bonds is 9. The molecule has 5 nitrogen and oxygen atoms in total. The number of ether oxygens (including phenoxy) is 2. The topological polar surface area (TPSA) is 62.3 Å². The van der Waals surface area contributed by atoms with Crippen molar-refractivity contribution in [2.45, 2.75) is 58.4 Å². The molecule has 2 aromatic rings. The Hall–Kier alpha value is -1.75. The summed E-state index contributed by atoms with van der Waals surface area (Å²) >= 11 is 0. The molecule has 1 aliphatic rings. The van der Waals surface area contributed by atoms with Crippen LogP contribution in [0.5, 0.6) is 11.5 Å². The molecule has 1 aromatic heterocycles. The lowest BCUT2D eigenvalue weighted by atomic mass is 10.2. The molecule has 0 bridgehead atoms. The smallest absolute Gasteiger partial charge is 0.163 e. The molecule has 0 saturated carbocycles. The Morgan fingerprint density at radius 1 is 1.04 bits per heavy atom. The van der Waals surface area contributed by atoms with E-state index in [1.54, 1.807) is 0 Å². The monoisotopic (exact) mass is 331 g/mol. The number of nitrogens with zero attached hydrogens (tertiary/aromatic N) is 2. The molecule has 3 rings (SSSR count). The second-order valence-electron chi connectivity index (χ2n) is 6.47. The van der Waals surface area contributed by atoms with Gasteiger partial charge in [0.1, 0.15) is 19.0 Å². The van der Waals surface area contributed by atoms with Crippen LogP contribution in [0.4, 0.5) is 0 Å². The lowest BCUT2D eigenvalue weighted by Gasteiger charge is -2.18. The Kier molecular flexibility index (Phi) is 5.96. The van der Waals surface area contributed by atoms with Crippen molar-refractivity contribution >= 4 is 11.0 Å². The number of imidazole rings is 1. The van der Waals surface area contributed by atoms with Crippen LogP contribution in [0, 0.1) is 0 Å². The van der Waals surface area contributed by atoms with E-state index in [1.165, 1.54) is 30.6 Å². The van der Waals surface area contributed by atoms with Gasteiger partial charge in [-0.15, -0.1) is 0 Å². The molecule has 0 fully saturated rings. The average Bonchev–Trinajstić information content (AvgIpc) is 2.94. The molecule has 132 valence electrons. The summed E-state index contributed by atoms with van der Waals surface area (Å²) in [5.41, 5.74) is 7.79. The predicted molar refractivity (Wildman–Crippen MR) is 96.9 cm³/mol. The zero-order chi connectivity index (χ0) is 16.8. The molecule has 2 heterocycles. The summed E-state index contributed by atoms with van der Waals surface area (Å²) in [7, 11) is 0. The Bertz CT molecular complexity index is 666. The molecule has 1 aromatic carbocycles. The molecule has 5 heteroatoms. The Morgan fingerprint density at radius 2 is 1.83 bits per heavy atom. The molecule has 24 heavy (non-hydrogen) atoms. The summed E-state index contributed by atoms with van der Waals surface area (Å²) in [5.74, 6) is 2.85. The van der Waals surface area contributed by atoms with Crippen LogP contribution in [0.25, 0.3) is 11.0 Å². The molecule has 0 amide bonds. The van der Waals surface area contributed by atoms with Gasteiger partial charge in [0.15, 0.2) is 11.5 Å². The highest BCUT2D eigenvalue weighted by molar-refractivity contribution is 5.80. The van der Waals surface area contributed by atoms with Crippen molar-refractivity contribution in [3.63, 3.8) is 0 Å². The highest BCUT2D eigenvalue weighted by Gasteiger charge is 2.17. The van der Waals surface area contributed by atoms with E-state index in [0.717, 1.165) is 55.8 Å². The maximum Gasteiger partial charge on any atom is 0.163 e. The number of aryl methyl sites for hydroxylation is 2. The van der Waals surface area contributed by atoms with E-state index in [0.29, 0.717) is 13.2 Å². The zero-order valence-electron chi connectivity index (χ0n) is 14.7. The molecule has 0 saturated heterocycles. The van der Waals surface area contributed by atoms with E-state index < -0.39 is 0 Å². The zero-order valence-corrected chi connectivity index (χ0v) is 14.7. The lowest BCUT2D eigenvalue weighted by Crippen LogP contribution is -2.15. The Labute approximate surface area is 144 Å². The number of fused-ring (bicyclic) bond motifs is 2. The summed E-state index contributed by atoms with van der Waals surface area (Å²) in [6.07, 6.45) is 8.06. The summed E-state index contributed by atoms with van der Waals surface area (Å²) < 4.78 is 13.8. The van der Waals surface area contributed by atoms with Crippen molar-refractivity contribution in [2.75, 3.05) is 19.8 Å². The van der Waals surface area contributed by atoms with Crippen LogP contribution >= 0.6 is 0 Å². The van der Waals surface area contributed by atoms with Crippen LogP contribution in [0.15, 0.2) is 12.1 Å². The number of aromatic nitrogens is 2. The van der Waals surface area contributed by atoms with Gasteiger partial charge < -0.3 is 19.8 Å². The number of unbranched alkanes of at least 4 members (excludes halogenated alkanes) is 4. The lowest BCUT2D eigenvalue weighted by molar-refractivity contribution is 0.172. The van der Waals surface area contributed by atoms with E-state index in [2.05, 4.69) is 17.6 Å². The van der Waals surface area contributed by atoms with E-state index in [1.807, 2.05) is 6.07 Å². The Morgan fingerprint density at radius 3 is 2.58 bits per heavy atom. The summed E-state index contributed by atoms with van der Waals surface area (Å²) in [4.78, 5) is 4.89. The fraction of sp³-hybridized carbons (Fsp3) is 0.632. The maximum absolute atomic E-state index is 5.75. The first kappa shape index (κ1) is 17.1. The van der Waals surface area contributed by atoms with Crippen LogP contribution in [-0.4, -0.2) is 29.3 Å². The fourth-order valence-corrected chi connectivity index (χ4v) is 3.28. The van der Waals surface area contributed by atoms with Gasteiger partial charge in [-0.25, -0.2) is 4.98 Å². The number of hydrogen-bond acceptors (Lipinski definition) is 4. The maximum atomic E-state index is 5.75. The van der Waals surface area contributed by atoms with Crippen LogP contribution in [0.3, 0.4) is 0 Å². The second kappa shape index (κ2) is 8.38. The highest BCUT2D eigenvalue weighted by Crippen LogP contribution is 2.35. The van der Waals surface area contributed by atoms with Gasteiger partial charge in [-0.2, -0.15) is 0 Å². The van der Waals surface area contributed by atoms with Gasteiger partial charge in [0.25, 0.3) is 0 Å². The number of nitrogens with two attached hydrogens (primary N) is 1. The molecule has 0 unspecified atom stereocenters. The minimum Gasteiger partial charge on any atom is -0.486 e. The minimum atomic E-state index is 0.613. The standard InChI is InChI=1S/C19H29N3O2/c1-2-3-7-10-22-16-14-18-17(23-11-12-24-18)13-15(16)21-19(22)8-5-4-6-9-20/h13-14H,2-12,20H2,1H3. The third kappa shape index (κ3) is 3.83. The molecular formula is C19H29N3O2. The number of hydrogen-bond donors (Lipinski definition) is 1. The van der Waals surface area contributed by atoms with Crippen LogP contribution in [0.2, 0.25) is 0 Å². The van der Waals surface area contributed by atoms with Crippen molar-refractivity contribution in [1.82, 2.24) is 9.55 Å². The molecular weight excluding hydrogens is 302 g/mol. The van der Waals surface area contributed by atoms with Gasteiger partial charge in [0, 0.05) is 25.1 Å². The van der Waals surface area contributed by atoms with Crippen LogP contribution in [-0.2, 0) is 13.0 Å². The number of benzene rings is 1. The van der Waals surface area contributed by atoms with Crippen molar-refractivity contribution < 1.29 is 9.47 Å². The van der Waals surface area contributed by atoms with Gasteiger partial charge >= 0.3 is 0 Å². The summed E-state index contributed by atoms with van der Waals surface area (Å²) in [6.45, 7) is 5.27. The second-order valence-corrected chi connectivity index (χ2v) is 6.47. The quantitative estimate of drug-likeness (QED) is 0.712. The van der Waals surface area contributed by atoms with Crippen LogP contribution in [0.1, 0.15) is 51.3 Å². The minimum absolute atomic E-state index is 0.613. The van der Waals surface area contributed by atoms with Gasteiger partial charge in [-0.05, 0) is 25.8 Å². The van der Waals surface area contributed by atoms with Crippen molar-refractivity contribution in [1.29, 1.82) is 0 Å². The molecule has 2 N–H and O–H groups in total. The summed E-state index contributed by atoms with van der Waals surface area (Å²) in [5, 5.41) is 0. The first-order valence-corrected chi connectivity index (χ1v) is 9.32.